The summed E-state index contributed by atoms with van der Waals surface area (Å²) in [6.07, 6.45) is 1.08. The molecule has 0 aromatic heterocycles. The van der Waals surface area contributed by atoms with E-state index in [9.17, 15) is 19.7 Å². The molecule has 2 rings (SSSR count). The minimum absolute atomic E-state index is 0.00678. The van der Waals surface area contributed by atoms with Gasteiger partial charge in [-0.3, -0.25) is 19.7 Å². The fraction of sp³-hybridized carbons (Fsp3) is 0.417. The van der Waals surface area contributed by atoms with E-state index in [0.717, 1.165) is 17.5 Å². The quantitative estimate of drug-likeness (QED) is 0.457. The van der Waals surface area contributed by atoms with Gasteiger partial charge in [-0.05, 0) is 32.3 Å². The van der Waals surface area contributed by atoms with Crippen molar-refractivity contribution in [3.63, 3.8) is 0 Å². The SMILES string of the molecule is CCC(C)NC(=O)C(CC)N(Cc1cccc(C)c1)C(=O)Cc1ccccc1[N+](=O)[O-]. The van der Waals surface area contributed by atoms with E-state index in [-0.39, 0.29) is 36.5 Å². The van der Waals surface area contributed by atoms with Gasteiger partial charge in [0.05, 0.1) is 11.3 Å². The lowest BCUT2D eigenvalue weighted by molar-refractivity contribution is -0.385. The molecular formula is C24H31N3O4. The Balaban J connectivity index is 2.37. The molecule has 7 heteroatoms. The van der Waals surface area contributed by atoms with Crippen LogP contribution in [0.4, 0.5) is 5.69 Å². The second kappa shape index (κ2) is 11.2. The van der Waals surface area contributed by atoms with E-state index in [1.54, 1.807) is 23.1 Å². The van der Waals surface area contributed by atoms with E-state index in [1.807, 2.05) is 52.0 Å². The summed E-state index contributed by atoms with van der Waals surface area (Å²) in [5, 5.41) is 14.3. The molecule has 2 amide bonds. The Hall–Kier alpha value is -3.22. The van der Waals surface area contributed by atoms with Crippen LogP contribution in [0.25, 0.3) is 0 Å². The molecule has 2 aromatic carbocycles. The van der Waals surface area contributed by atoms with Gasteiger partial charge >= 0.3 is 0 Å². The number of hydrogen-bond acceptors (Lipinski definition) is 4. The van der Waals surface area contributed by atoms with Crippen LogP contribution in [0.2, 0.25) is 0 Å². The predicted molar refractivity (Wildman–Crippen MR) is 121 cm³/mol. The van der Waals surface area contributed by atoms with Crippen molar-refractivity contribution in [1.29, 1.82) is 0 Å². The van der Waals surface area contributed by atoms with Crippen molar-refractivity contribution in [3.05, 3.63) is 75.3 Å². The first kappa shape index (κ1) is 24.1. The van der Waals surface area contributed by atoms with Crippen LogP contribution >= 0.6 is 0 Å². The molecule has 0 saturated carbocycles. The van der Waals surface area contributed by atoms with Crippen molar-refractivity contribution in [2.75, 3.05) is 0 Å². The number of hydrogen-bond donors (Lipinski definition) is 1. The molecule has 0 spiro atoms. The number of nitro groups is 1. The van der Waals surface area contributed by atoms with Crippen molar-refractivity contribution in [3.8, 4) is 0 Å². The number of carbonyl (C=O) groups excluding carboxylic acids is 2. The van der Waals surface area contributed by atoms with Gasteiger partial charge in [-0.2, -0.15) is 0 Å². The van der Waals surface area contributed by atoms with Gasteiger partial charge in [0.2, 0.25) is 11.8 Å². The van der Waals surface area contributed by atoms with Gasteiger partial charge in [0.15, 0.2) is 0 Å². The highest BCUT2D eigenvalue weighted by Crippen LogP contribution is 2.21. The molecule has 2 aromatic rings. The standard InChI is InChI=1S/C24H31N3O4/c1-5-18(4)25-24(29)21(6-2)26(16-19-11-9-10-17(3)14-19)23(28)15-20-12-7-8-13-22(20)27(30)31/h7-14,18,21H,5-6,15-16H2,1-4H3,(H,25,29). The molecule has 7 nitrogen and oxygen atoms in total. The lowest BCUT2D eigenvalue weighted by Gasteiger charge is -2.31. The van der Waals surface area contributed by atoms with E-state index in [0.29, 0.717) is 12.0 Å². The normalized spacial score (nSPS) is 12.6. The van der Waals surface area contributed by atoms with E-state index in [1.165, 1.54) is 6.07 Å². The van der Waals surface area contributed by atoms with Gasteiger partial charge in [-0.25, -0.2) is 0 Å². The highest BCUT2D eigenvalue weighted by molar-refractivity contribution is 5.89. The summed E-state index contributed by atoms with van der Waals surface area (Å²) >= 11 is 0. The Morgan fingerprint density at radius 1 is 1.10 bits per heavy atom. The molecule has 0 heterocycles. The summed E-state index contributed by atoms with van der Waals surface area (Å²) in [4.78, 5) is 38.8. The highest BCUT2D eigenvalue weighted by atomic mass is 16.6. The minimum atomic E-state index is -0.662. The molecular weight excluding hydrogens is 394 g/mol. The monoisotopic (exact) mass is 425 g/mol. The Morgan fingerprint density at radius 3 is 2.42 bits per heavy atom. The maximum Gasteiger partial charge on any atom is 0.273 e. The molecule has 0 aliphatic heterocycles. The average Bonchev–Trinajstić information content (AvgIpc) is 2.73. The highest BCUT2D eigenvalue weighted by Gasteiger charge is 2.30. The predicted octanol–water partition coefficient (Wildman–Crippen LogP) is 4.17. The van der Waals surface area contributed by atoms with Crippen LogP contribution in [0.5, 0.6) is 0 Å². The molecule has 2 atom stereocenters. The zero-order valence-corrected chi connectivity index (χ0v) is 18.6. The summed E-state index contributed by atoms with van der Waals surface area (Å²) in [7, 11) is 0. The largest absolute Gasteiger partial charge is 0.352 e. The molecule has 0 fully saturated rings. The van der Waals surface area contributed by atoms with E-state index >= 15 is 0 Å². The zero-order valence-electron chi connectivity index (χ0n) is 18.6. The number of benzene rings is 2. The molecule has 2 unspecified atom stereocenters. The number of amides is 2. The molecule has 0 bridgehead atoms. The van der Waals surface area contributed by atoms with Crippen LogP contribution in [0.3, 0.4) is 0 Å². The summed E-state index contributed by atoms with van der Waals surface area (Å²) < 4.78 is 0. The second-order valence-corrected chi connectivity index (χ2v) is 7.82. The van der Waals surface area contributed by atoms with E-state index < -0.39 is 11.0 Å². The third-order valence-corrected chi connectivity index (χ3v) is 5.35. The fourth-order valence-corrected chi connectivity index (χ4v) is 3.47. The topological polar surface area (TPSA) is 92.6 Å². The van der Waals surface area contributed by atoms with E-state index in [4.69, 9.17) is 0 Å². The maximum absolute atomic E-state index is 13.4. The van der Waals surface area contributed by atoms with Crippen molar-refractivity contribution in [2.24, 2.45) is 0 Å². The average molecular weight is 426 g/mol. The minimum Gasteiger partial charge on any atom is -0.352 e. The number of carbonyl (C=O) groups is 2. The van der Waals surface area contributed by atoms with Crippen LogP contribution in [-0.4, -0.2) is 33.7 Å². The van der Waals surface area contributed by atoms with Crippen molar-refractivity contribution < 1.29 is 14.5 Å². The Morgan fingerprint density at radius 2 is 1.81 bits per heavy atom. The summed E-state index contributed by atoms with van der Waals surface area (Å²) in [5.74, 6) is -0.526. The van der Waals surface area contributed by atoms with Gasteiger partial charge in [0.25, 0.3) is 5.69 Å². The van der Waals surface area contributed by atoms with Crippen molar-refractivity contribution in [2.45, 2.75) is 65.6 Å². The molecule has 0 aliphatic rings. The summed E-state index contributed by atoms with van der Waals surface area (Å²) in [5.41, 5.74) is 2.21. The summed E-state index contributed by atoms with van der Waals surface area (Å²) in [6, 6.07) is 13.3. The molecule has 1 N–H and O–H groups in total. The number of nitrogens with zero attached hydrogens (tertiary/aromatic N) is 2. The lowest BCUT2D eigenvalue weighted by Crippen LogP contribution is -2.51. The maximum atomic E-state index is 13.4. The number of nitrogens with one attached hydrogen (secondary N) is 1. The lowest BCUT2D eigenvalue weighted by atomic mass is 10.0. The molecule has 166 valence electrons. The first-order chi connectivity index (χ1) is 14.8. The van der Waals surface area contributed by atoms with Crippen LogP contribution in [0.1, 0.15) is 50.3 Å². The second-order valence-electron chi connectivity index (χ2n) is 7.82. The van der Waals surface area contributed by atoms with Crippen LogP contribution in [0.15, 0.2) is 48.5 Å². The smallest absolute Gasteiger partial charge is 0.273 e. The molecule has 0 saturated heterocycles. The number of nitro benzene ring substituents is 1. The summed E-state index contributed by atoms with van der Waals surface area (Å²) in [6.45, 7) is 7.99. The van der Waals surface area contributed by atoms with Gasteiger partial charge < -0.3 is 10.2 Å². The Kier molecular flexibility index (Phi) is 8.73. The van der Waals surface area contributed by atoms with Gasteiger partial charge in [-0.1, -0.05) is 61.9 Å². The number of aryl methyl sites for hydroxylation is 1. The van der Waals surface area contributed by atoms with Gasteiger partial charge in [0, 0.05) is 24.2 Å². The fourth-order valence-electron chi connectivity index (χ4n) is 3.47. The van der Waals surface area contributed by atoms with Gasteiger partial charge in [0.1, 0.15) is 6.04 Å². The zero-order chi connectivity index (χ0) is 23.0. The first-order valence-corrected chi connectivity index (χ1v) is 10.6. The van der Waals surface area contributed by atoms with Crippen LogP contribution in [-0.2, 0) is 22.6 Å². The van der Waals surface area contributed by atoms with Crippen molar-refractivity contribution >= 4 is 17.5 Å². The van der Waals surface area contributed by atoms with E-state index in [2.05, 4.69) is 5.32 Å². The molecule has 31 heavy (non-hydrogen) atoms. The van der Waals surface area contributed by atoms with Crippen molar-refractivity contribution in [1.82, 2.24) is 10.2 Å². The third kappa shape index (κ3) is 6.64. The Labute approximate surface area is 183 Å². The number of rotatable bonds is 10. The third-order valence-electron chi connectivity index (χ3n) is 5.35. The molecule has 0 radical (unpaired) electrons. The van der Waals surface area contributed by atoms with Crippen LogP contribution in [0, 0.1) is 17.0 Å². The van der Waals surface area contributed by atoms with Crippen LogP contribution < -0.4 is 5.32 Å². The first-order valence-electron chi connectivity index (χ1n) is 10.6. The Bertz CT molecular complexity index is 929. The molecule has 0 aliphatic carbocycles. The van der Waals surface area contributed by atoms with Gasteiger partial charge in [-0.15, -0.1) is 0 Å². The number of para-hydroxylation sites is 1.